The third kappa shape index (κ3) is 2.95. The van der Waals surface area contributed by atoms with Crippen LogP contribution in [0.3, 0.4) is 0 Å². The zero-order chi connectivity index (χ0) is 13.8. The molecule has 0 aliphatic carbocycles. The van der Waals surface area contributed by atoms with Gasteiger partial charge in [-0.1, -0.05) is 23.4 Å². The van der Waals surface area contributed by atoms with Crippen molar-refractivity contribution in [1.82, 2.24) is 10.1 Å². The summed E-state index contributed by atoms with van der Waals surface area (Å²) in [6.45, 7) is 0.636. The molecule has 0 amide bonds. The smallest absolute Gasteiger partial charge is 0.257 e. The van der Waals surface area contributed by atoms with Crippen molar-refractivity contribution in [3.05, 3.63) is 58.0 Å². The van der Waals surface area contributed by atoms with E-state index in [-0.39, 0.29) is 0 Å². The lowest BCUT2D eigenvalue weighted by atomic mass is 10.1. The summed E-state index contributed by atoms with van der Waals surface area (Å²) in [4.78, 5) is 5.69. The Morgan fingerprint density at radius 2 is 2.15 bits per heavy atom. The van der Waals surface area contributed by atoms with E-state index in [4.69, 9.17) is 10.3 Å². The van der Waals surface area contributed by atoms with E-state index >= 15 is 0 Å². The summed E-state index contributed by atoms with van der Waals surface area (Å²) in [6, 6.07) is 12.2. The lowest BCUT2D eigenvalue weighted by Crippen LogP contribution is -2.02. The summed E-state index contributed by atoms with van der Waals surface area (Å²) in [5.74, 6) is 1.28. The summed E-state index contributed by atoms with van der Waals surface area (Å²) in [6.07, 6.45) is 1.56. The Kier molecular flexibility index (Phi) is 3.90. The van der Waals surface area contributed by atoms with Crippen LogP contribution >= 0.6 is 11.3 Å². The van der Waals surface area contributed by atoms with E-state index in [1.807, 2.05) is 23.6 Å². The molecule has 2 aromatic heterocycles. The van der Waals surface area contributed by atoms with E-state index in [2.05, 4.69) is 28.3 Å². The number of hydrogen-bond acceptors (Lipinski definition) is 5. The molecule has 5 heteroatoms. The molecule has 102 valence electrons. The van der Waals surface area contributed by atoms with Crippen molar-refractivity contribution in [2.45, 2.75) is 12.8 Å². The van der Waals surface area contributed by atoms with Crippen LogP contribution in [0.2, 0.25) is 0 Å². The molecule has 0 unspecified atom stereocenters. The SMILES string of the molecule is NCCc1cccc(-c2nc(Cc3cccs3)no2)c1. The van der Waals surface area contributed by atoms with Crippen molar-refractivity contribution in [2.24, 2.45) is 5.73 Å². The topological polar surface area (TPSA) is 64.9 Å². The first kappa shape index (κ1) is 13.0. The Labute approximate surface area is 121 Å². The van der Waals surface area contributed by atoms with Crippen LogP contribution in [0.15, 0.2) is 46.3 Å². The summed E-state index contributed by atoms with van der Waals surface area (Å²) in [7, 11) is 0. The van der Waals surface area contributed by atoms with Gasteiger partial charge in [0.25, 0.3) is 5.89 Å². The monoisotopic (exact) mass is 285 g/mol. The molecule has 0 saturated carbocycles. The lowest BCUT2D eigenvalue weighted by Gasteiger charge is -1.99. The van der Waals surface area contributed by atoms with Gasteiger partial charge in [0.15, 0.2) is 5.82 Å². The number of thiophene rings is 1. The maximum atomic E-state index is 5.58. The van der Waals surface area contributed by atoms with Crippen molar-refractivity contribution in [3.8, 4) is 11.5 Å². The Bertz CT molecular complexity index is 676. The van der Waals surface area contributed by atoms with Crippen LogP contribution in [0.1, 0.15) is 16.3 Å². The van der Waals surface area contributed by atoms with Crippen molar-refractivity contribution in [3.63, 3.8) is 0 Å². The van der Waals surface area contributed by atoms with Gasteiger partial charge in [-0.25, -0.2) is 0 Å². The van der Waals surface area contributed by atoms with Gasteiger partial charge in [-0.05, 0) is 42.1 Å². The highest BCUT2D eigenvalue weighted by atomic mass is 32.1. The fourth-order valence-corrected chi connectivity index (χ4v) is 2.74. The van der Waals surface area contributed by atoms with Crippen molar-refractivity contribution >= 4 is 11.3 Å². The van der Waals surface area contributed by atoms with Crippen LogP contribution in [0, 0.1) is 0 Å². The second kappa shape index (κ2) is 5.98. The minimum atomic E-state index is 0.565. The normalized spacial score (nSPS) is 10.8. The number of nitrogens with zero attached hydrogens (tertiary/aromatic N) is 2. The molecule has 2 heterocycles. The van der Waals surface area contributed by atoms with Crippen LogP contribution in [-0.2, 0) is 12.8 Å². The van der Waals surface area contributed by atoms with Gasteiger partial charge in [0.1, 0.15) is 0 Å². The second-order valence-corrected chi connectivity index (χ2v) is 5.54. The Morgan fingerprint density at radius 1 is 1.20 bits per heavy atom. The largest absolute Gasteiger partial charge is 0.334 e. The molecule has 20 heavy (non-hydrogen) atoms. The number of hydrogen-bond donors (Lipinski definition) is 1. The molecule has 0 aliphatic heterocycles. The lowest BCUT2D eigenvalue weighted by molar-refractivity contribution is 0.424. The first-order valence-electron chi connectivity index (χ1n) is 6.49. The van der Waals surface area contributed by atoms with Gasteiger partial charge in [0, 0.05) is 16.9 Å². The zero-order valence-corrected chi connectivity index (χ0v) is 11.8. The highest BCUT2D eigenvalue weighted by Crippen LogP contribution is 2.20. The third-order valence-electron chi connectivity index (χ3n) is 2.99. The molecule has 0 fully saturated rings. The molecule has 0 aliphatic rings. The second-order valence-electron chi connectivity index (χ2n) is 4.51. The van der Waals surface area contributed by atoms with Crippen molar-refractivity contribution in [2.75, 3.05) is 6.54 Å². The van der Waals surface area contributed by atoms with Gasteiger partial charge < -0.3 is 10.3 Å². The van der Waals surface area contributed by atoms with Crippen molar-refractivity contribution in [1.29, 1.82) is 0 Å². The summed E-state index contributed by atoms with van der Waals surface area (Å²) < 4.78 is 5.34. The third-order valence-corrected chi connectivity index (χ3v) is 3.86. The fourth-order valence-electron chi connectivity index (χ4n) is 2.04. The quantitative estimate of drug-likeness (QED) is 0.783. The maximum absolute atomic E-state index is 5.58. The molecule has 0 spiro atoms. The summed E-state index contributed by atoms with van der Waals surface area (Å²) in [5, 5.41) is 6.09. The highest BCUT2D eigenvalue weighted by Gasteiger charge is 2.10. The van der Waals surface area contributed by atoms with Gasteiger partial charge in [-0.3, -0.25) is 0 Å². The number of benzene rings is 1. The zero-order valence-electron chi connectivity index (χ0n) is 11.0. The molecule has 0 atom stereocenters. The van der Waals surface area contributed by atoms with E-state index in [0.717, 1.165) is 12.0 Å². The van der Waals surface area contributed by atoms with Crippen LogP contribution in [0.5, 0.6) is 0 Å². The molecule has 1 aromatic carbocycles. The van der Waals surface area contributed by atoms with Crippen LogP contribution in [-0.4, -0.2) is 16.7 Å². The molecule has 3 aromatic rings. The Morgan fingerprint density at radius 3 is 2.95 bits per heavy atom. The molecular formula is C15H15N3OS. The van der Waals surface area contributed by atoms with Crippen LogP contribution in [0.25, 0.3) is 11.5 Å². The van der Waals surface area contributed by atoms with E-state index in [0.29, 0.717) is 24.7 Å². The Balaban J connectivity index is 1.80. The van der Waals surface area contributed by atoms with E-state index in [1.54, 1.807) is 11.3 Å². The van der Waals surface area contributed by atoms with E-state index in [9.17, 15) is 0 Å². The highest BCUT2D eigenvalue weighted by molar-refractivity contribution is 7.09. The molecule has 0 bridgehead atoms. The van der Waals surface area contributed by atoms with Crippen LogP contribution < -0.4 is 5.73 Å². The molecule has 4 nitrogen and oxygen atoms in total. The standard InChI is InChI=1S/C15H15N3OS/c16-7-6-11-3-1-4-12(9-11)15-17-14(18-19-15)10-13-5-2-8-20-13/h1-5,8-9H,6-7,10,16H2. The number of nitrogens with two attached hydrogens (primary N) is 1. The minimum Gasteiger partial charge on any atom is -0.334 e. The van der Waals surface area contributed by atoms with Gasteiger partial charge in [0.2, 0.25) is 0 Å². The van der Waals surface area contributed by atoms with Crippen molar-refractivity contribution < 1.29 is 4.52 Å². The first-order chi connectivity index (χ1) is 9.85. The van der Waals surface area contributed by atoms with E-state index in [1.165, 1.54) is 10.4 Å². The molecule has 3 rings (SSSR count). The average Bonchev–Trinajstić information content (AvgIpc) is 3.12. The van der Waals surface area contributed by atoms with E-state index < -0.39 is 0 Å². The predicted octanol–water partition coefficient (Wildman–Crippen LogP) is 2.89. The summed E-state index contributed by atoms with van der Waals surface area (Å²) >= 11 is 1.70. The minimum absolute atomic E-state index is 0.565. The maximum Gasteiger partial charge on any atom is 0.257 e. The summed E-state index contributed by atoms with van der Waals surface area (Å²) in [5.41, 5.74) is 7.71. The van der Waals surface area contributed by atoms with Gasteiger partial charge in [0.05, 0.1) is 0 Å². The molecule has 0 saturated heterocycles. The van der Waals surface area contributed by atoms with Gasteiger partial charge in [-0.15, -0.1) is 11.3 Å². The van der Waals surface area contributed by atoms with Gasteiger partial charge in [-0.2, -0.15) is 4.98 Å². The number of rotatable bonds is 5. The van der Waals surface area contributed by atoms with Crippen LogP contribution in [0.4, 0.5) is 0 Å². The molecule has 0 radical (unpaired) electrons. The fraction of sp³-hybridized carbons (Fsp3) is 0.200. The number of aromatic nitrogens is 2. The average molecular weight is 285 g/mol. The molecular weight excluding hydrogens is 270 g/mol. The predicted molar refractivity (Wildman–Crippen MR) is 79.6 cm³/mol. The first-order valence-corrected chi connectivity index (χ1v) is 7.37. The molecule has 2 N–H and O–H groups in total. The van der Waals surface area contributed by atoms with Gasteiger partial charge >= 0.3 is 0 Å². The Hall–Kier alpha value is -1.98.